The number of nitrogens with zero attached hydrogens (tertiary/aromatic N) is 2. The zero-order chi connectivity index (χ0) is 11.3. The molecule has 2 atom stereocenters. The summed E-state index contributed by atoms with van der Waals surface area (Å²) in [5.74, 6) is 0.165. The number of nitriles is 1. The Bertz CT molecular complexity index is 259. The van der Waals surface area contributed by atoms with Crippen molar-refractivity contribution in [2.45, 2.75) is 32.2 Å². The van der Waals surface area contributed by atoms with Gasteiger partial charge in [-0.25, -0.2) is 0 Å². The Morgan fingerprint density at radius 2 is 2.47 bits per heavy atom. The third kappa shape index (κ3) is 2.93. The molecule has 0 saturated carbocycles. The first kappa shape index (κ1) is 12.0. The van der Waals surface area contributed by atoms with Gasteiger partial charge in [0.25, 0.3) is 0 Å². The van der Waals surface area contributed by atoms with Gasteiger partial charge in [-0.2, -0.15) is 5.26 Å². The number of amides is 1. The van der Waals surface area contributed by atoms with Crippen LogP contribution in [0.2, 0.25) is 0 Å². The van der Waals surface area contributed by atoms with Gasteiger partial charge in [-0.15, -0.1) is 0 Å². The summed E-state index contributed by atoms with van der Waals surface area (Å²) in [5.41, 5.74) is 0. The van der Waals surface area contributed by atoms with Crippen molar-refractivity contribution in [1.29, 1.82) is 5.26 Å². The Morgan fingerprint density at radius 3 is 3.00 bits per heavy atom. The van der Waals surface area contributed by atoms with Crippen molar-refractivity contribution in [1.82, 2.24) is 10.2 Å². The summed E-state index contributed by atoms with van der Waals surface area (Å²) in [6.07, 6.45) is 2.78. The average molecular weight is 209 g/mol. The van der Waals surface area contributed by atoms with Crippen LogP contribution in [-0.4, -0.2) is 37.0 Å². The van der Waals surface area contributed by atoms with Crippen LogP contribution in [0.1, 0.15) is 26.2 Å². The highest BCUT2D eigenvalue weighted by Crippen LogP contribution is 2.19. The highest BCUT2D eigenvalue weighted by Gasteiger charge is 2.28. The van der Waals surface area contributed by atoms with Crippen LogP contribution in [0.3, 0.4) is 0 Å². The van der Waals surface area contributed by atoms with Gasteiger partial charge < -0.3 is 5.32 Å². The molecule has 2 unspecified atom stereocenters. The zero-order valence-corrected chi connectivity index (χ0v) is 9.49. The maximum Gasteiger partial charge on any atom is 0.224 e. The molecule has 1 rings (SSSR count). The van der Waals surface area contributed by atoms with Crippen molar-refractivity contribution >= 4 is 5.91 Å². The number of piperidine rings is 1. The monoisotopic (exact) mass is 209 g/mol. The van der Waals surface area contributed by atoms with Gasteiger partial charge in [-0.05, 0) is 25.8 Å². The van der Waals surface area contributed by atoms with E-state index < -0.39 is 0 Å². The maximum absolute atomic E-state index is 11.5. The summed E-state index contributed by atoms with van der Waals surface area (Å²) >= 11 is 0. The van der Waals surface area contributed by atoms with Gasteiger partial charge in [0.1, 0.15) is 0 Å². The summed E-state index contributed by atoms with van der Waals surface area (Å²) in [6, 6.07) is 2.26. The van der Waals surface area contributed by atoms with Gasteiger partial charge in [-0.1, -0.05) is 6.92 Å². The van der Waals surface area contributed by atoms with Crippen molar-refractivity contribution in [3.05, 3.63) is 0 Å². The fraction of sp³-hybridized carbons (Fsp3) is 0.818. The van der Waals surface area contributed by atoms with Crippen LogP contribution in [-0.2, 0) is 4.79 Å². The van der Waals surface area contributed by atoms with Crippen LogP contribution in [0.25, 0.3) is 0 Å². The predicted molar refractivity (Wildman–Crippen MR) is 58.1 cm³/mol. The highest BCUT2D eigenvalue weighted by molar-refractivity contribution is 5.78. The highest BCUT2D eigenvalue weighted by atomic mass is 16.1. The first-order valence-corrected chi connectivity index (χ1v) is 5.58. The molecule has 0 bridgehead atoms. The van der Waals surface area contributed by atoms with Crippen molar-refractivity contribution in [2.24, 2.45) is 5.92 Å². The SMILES string of the molecule is CCC(C#N)N1CCCC(C(=O)NC)C1. The standard InChI is InChI=1S/C11H19N3O/c1-3-10(7-12)14-6-4-5-9(8-14)11(15)13-2/h9-10H,3-6,8H2,1-2H3,(H,13,15). The number of rotatable bonds is 3. The molecule has 15 heavy (non-hydrogen) atoms. The van der Waals surface area contributed by atoms with E-state index in [1.54, 1.807) is 7.05 Å². The summed E-state index contributed by atoms with van der Waals surface area (Å²) in [6.45, 7) is 3.68. The first-order chi connectivity index (χ1) is 7.22. The molecule has 1 heterocycles. The van der Waals surface area contributed by atoms with E-state index in [2.05, 4.69) is 16.3 Å². The molecule has 1 amide bonds. The van der Waals surface area contributed by atoms with Crippen LogP contribution >= 0.6 is 0 Å². The Kier molecular flexibility index (Phi) is 4.57. The number of hydrogen-bond acceptors (Lipinski definition) is 3. The lowest BCUT2D eigenvalue weighted by molar-refractivity contribution is -0.126. The number of carbonyl (C=O) groups excluding carboxylic acids is 1. The lowest BCUT2D eigenvalue weighted by Gasteiger charge is -2.34. The second-order valence-electron chi connectivity index (χ2n) is 4.00. The molecule has 0 radical (unpaired) electrons. The fourth-order valence-electron chi connectivity index (χ4n) is 2.14. The van der Waals surface area contributed by atoms with Crippen LogP contribution in [0, 0.1) is 17.2 Å². The largest absolute Gasteiger partial charge is 0.359 e. The molecule has 84 valence electrons. The van der Waals surface area contributed by atoms with E-state index >= 15 is 0 Å². The molecule has 0 aromatic carbocycles. The maximum atomic E-state index is 11.5. The van der Waals surface area contributed by atoms with Crippen molar-refractivity contribution in [2.75, 3.05) is 20.1 Å². The first-order valence-electron chi connectivity index (χ1n) is 5.58. The Balaban J connectivity index is 2.56. The van der Waals surface area contributed by atoms with Gasteiger partial charge in [0.2, 0.25) is 5.91 Å². The predicted octanol–water partition coefficient (Wildman–Crippen LogP) is 0.747. The van der Waals surface area contributed by atoms with E-state index in [1.807, 2.05) is 6.92 Å². The zero-order valence-electron chi connectivity index (χ0n) is 9.49. The molecule has 1 aliphatic rings. The number of hydrogen-bond donors (Lipinski definition) is 1. The molecule has 0 spiro atoms. The lowest BCUT2D eigenvalue weighted by Crippen LogP contribution is -2.46. The van der Waals surface area contributed by atoms with Crippen LogP contribution in [0.4, 0.5) is 0 Å². The van der Waals surface area contributed by atoms with E-state index in [0.29, 0.717) is 0 Å². The lowest BCUT2D eigenvalue weighted by atomic mass is 9.95. The van der Waals surface area contributed by atoms with E-state index in [9.17, 15) is 4.79 Å². The summed E-state index contributed by atoms with van der Waals surface area (Å²) < 4.78 is 0. The molecule has 1 saturated heterocycles. The minimum atomic E-state index is -0.0301. The van der Waals surface area contributed by atoms with Gasteiger partial charge in [0.15, 0.2) is 0 Å². The van der Waals surface area contributed by atoms with E-state index in [-0.39, 0.29) is 17.9 Å². The van der Waals surface area contributed by atoms with Crippen molar-refractivity contribution < 1.29 is 4.79 Å². The van der Waals surface area contributed by atoms with E-state index in [1.165, 1.54) is 0 Å². The second-order valence-corrected chi connectivity index (χ2v) is 4.00. The molecule has 0 aliphatic carbocycles. The van der Waals surface area contributed by atoms with Crippen molar-refractivity contribution in [3.63, 3.8) is 0 Å². The van der Waals surface area contributed by atoms with Crippen LogP contribution < -0.4 is 5.32 Å². The molecule has 0 aromatic rings. The number of likely N-dealkylation sites (tertiary alicyclic amines) is 1. The Morgan fingerprint density at radius 1 is 1.73 bits per heavy atom. The third-order valence-corrected chi connectivity index (χ3v) is 3.05. The Hall–Kier alpha value is -1.08. The topological polar surface area (TPSA) is 56.1 Å². The Labute approximate surface area is 91.2 Å². The van der Waals surface area contributed by atoms with Gasteiger partial charge in [-0.3, -0.25) is 9.69 Å². The van der Waals surface area contributed by atoms with Crippen LogP contribution in [0.5, 0.6) is 0 Å². The molecule has 0 aromatic heterocycles. The molecule has 4 nitrogen and oxygen atoms in total. The summed E-state index contributed by atoms with van der Waals surface area (Å²) in [7, 11) is 1.67. The minimum Gasteiger partial charge on any atom is -0.359 e. The third-order valence-electron chi connectivity index (χ3n) is 3.05. The second kappa shape index (κ2) is 5.72. The van der Waals surface area contributed by atoms with Gasteiger partial charge in [0, 0.05) is 13.6 Å². The van der Waals surface area contributed by atoms with Gasteiger partial charge >= 0.3 is 0 Å². The molecule has 4 heteroatoms. The molecule has 1 aliphatic heterocycles. The van der Waals surface area contributed by atoms with Crippen LogP contribution in [0.15, 0.2) is 0 Å². The smallest absolute Gasteiger partial charge is 0.224 e. The normalized spacial score (nSPS) is 24.2. The van der Waals surface area contributed by atoms with E-state index in [4.69, 9.17) is 5.26 Å². The molecular formula is C11H19N3O. The number of carbonyl (C=O) groups is 1. The minimum absolute atomic E-state index is 0.0301. The number of nitrogens with one attached hydrogen (secondary N) is 1. The van der Waals surface area contributed by atoms with Crippen molar-refractivity contribution in [3.8, 4) is 6.07 Å². The molecule has 1 fully saturated rings. The summed E-state index contributed by atoms with van der Waals surface area (Å²) in [5, 5.41) is 11.6. The fourth-order valence-corrected chi connectivity index (χ4v) is 2.14. The molecule has 1 N–H and O–H groups in total. The van der Waals surface area contributed by atoms with E-state index in [0.717, 1.165) is 32.4 Å². The van der Waals surface area contributed by atoms with Gasteiger partial charge in [0.05, 0.1) is 18.0 Å². The summed E-state index contributed by atoms with van der Waals surface area (Å²) in [4.78, 5) is 13.6. The molecular weight excluding hydrogens is 190 g/mol. The average Bonchev–Trinajstić information content (AvgIpc) is 2.30. The quantitative estimate of drug-likeness (QED) is 0.746.